The Morgan fingerprint density at radius 2 is 0.890 bits per heavy atom. The Labute approximate surface area is 842 Å². The molecule has 49 heteroatoms. The molecule has 1 aliphatic carbocycles. The second-order valence-electron chi connectivity index (χ2n) is 34.2. The maximum Gasteiger partial charge on any atom is 0.410 e. The number of hydrogen-bond donors (Lipinski definition) is 8. The van der Waals surface area contributed by atoms with E-state index in [2.05, 4.69) is 146 Å². The van der Waals surface area contributed by atoms with Crippen LogP contribution in [0.2, 0.25) is 0 Å². The van der Waals surface area contributed by atoms with E-state index in [1.165, 1.54) is 107 Å². The van der Waals surface area contributed by atoms with E-state index in [1.54, 1.807) is 77.2 Å². The van der Waals surface area contributed by atoms with Crippen molar-refractivity contribution >= 4 is 69.3 Å². The summed E-state index contributed by atoms with van der Waals surface area (Å²) in [5.41, 5.74) is 6.57. The van der Waals surface area contributed by atoms with Crippen molar-refractivity contribution in [3.8, 4) is 85.6 Å². The SMILES string of the molecule is C.COc1c(-c2ncc(Cc3ccc(C)cc3)s2)nc([C@H]2CCCN2C(=O)OC(C)(C)C)[nH]c1=O.COc1c(C(=O)CCC(=O)Cc2ccc(C)cc2)nc([C@H]2CCCN2C(=O)OC(C)(C)C)[nH]c1=O.COc1c(C)nc(-c2csnn2)[nH]c1=O.COc1c(C)nc(-c2csnn2)[nH]c1=O.COc1c(C)nc(-c2ncn[nH]2)[nH]c1=O.COc1c(C)nc(C2=CC=CC2)[nH]c1=O.COc1c(C)nc(C2=CN=NC2)[nH]c1=O. The van der Waals surface area contributed by atoms with Gasteiger partial charge in [-0.25, -0.2) is 54.4 Å². The summed E-state index contributed by atoms with van der Waals surface area (Å²) >= 11 is 3.88. The second-order valence-corrected chi connectivity index (χ2v) is 36.6. The lowest BCUT2D eigenvalue weighted by Gasteiger charge is -2.28. The molecule has 2 amide bonds. The third kappa shape index (κ3) is 29.7. The van der Waals surface area contributed by atoms with Crippen LogP contribution in [0.15, 0.2) is 140 Å². The van der Waals surface area contributed by atoms with Gasteiger partial charge in [0.1, 0.15) is 68.7 Å². The van der Waals surface area contributed by atoms with E-state index >= 15 is 0 Å². The first-order valence-electron chi connectivity index (χ1n) is 44.8. The van der Waals surface area contributed by atoms with Crippen molar-refractivity contribution in [3.05, 3.63) is 253 Å². The van der Waals surface area contributed by atoms with Crippen LogP contribution >= 0.6 is 34.4 Å². The molecule has 0 radical (unpaired) electrons. The maximum atomic E-state index is 13.0. The minimum absolute atomic E-state index is 0. The minimum Gasteiger partial charge on any atom is -0.490 e. The van der Waals surface area contributed by atoms with Gasteiger partial charge in [0.05, 0.1) is 103 Å². The zero-order valence-corrected chi connectivity index (χ0v) is 85.3. The van der Waals surface area contributed by atoms with Gasteiger partial charge in [-0.1, -0.05) is 94.3 Å². The summed E-state index contributed by atoms with van der Waals surface area (Å²) in [5.74, 6) is 3.87. The summed E-state index contributed by atoms with van der Waals surface area (Å²) in [6, 6.07) is 15.1. The smallest absolute Gasteiger partial charge is 0.410 e. The number of nitrogens with one attached hydrogen (secondary N) is 8. The fourth-order valence-electron chi connectivity index (χ4n) is 14.6. The highest BCUT2D eigenvalue weighted by Gasteiger charge is 2.38. The second kappa shape index (κ2) is 51.0. The molecular weight excluding hydrogens is 1930 g/mol. The van der Waals surface area contributed by atoms with Gasteiger partial charge in [-0.3, -0.25) is 58.0 Å². The number of benzene rings is 2. The number of carbonyl (C=O) groups is 4. The molecule has 46 nitrogen and oxygen atoms in total. The number of methoxy groups -OCH3 is 7. The number of aromatic nitrogens is 22. The molecule has 11 aromatic heterocycles. The van der Waals surface area contributed by atoms with Crippen molar-refractivity contribution in [2.75, 3.05) is 69.4 Å². The zero-order chi connectivity index (χ0) is 104. The number of likely N-dealkylation sites (tertiary alicyclic amines) is 2. The number of allylic oxidation sites excluding steroid dienone is 4. The molecule has 13 aromatic rings. The summed E-state index contributed by atoms with van der Waals surface area (Å²) in [6.45, 7) is 24.9. The van der Waals surface area contributed by atoms with Crippen LogP contribution in [0.1, 0.15) is 195 Å². The van der Waals surface area contributed by atoms with Crippen molar-refractivity contribution in [1.82, 2.24) is 119 Å². The molecule has 0 unspecified atom stereocenters. The molecule has 0 bridgehead atoms. The summed E-state index contributed by atoms with van der Waals surface area (Å²) in [5, 5.41) is 25.4. The molecule has 0 saturated carbocycles. The van der Waals surface area contributed by atoms with Crippen LogP contribution in [0, 0.1) is 48.5 Å². The quantitative estimate of drug-likeness (QED) is 0.0276. The Bertz CT molecular complexity index is 6950. The van der Waals surface area contributed by atoms with E-state index in [0.29, 0.717) is 130 Å². The molecular formula is C96H114N26O20S3. The summed E-state index contributed by atoms with van der Waals surface area (Å²) in [7, 11) is 9.93. The lowest BCUT2D eigenvalue weighted by Crippen LogP contribution is -2.37. The first kappa shape index (κ1) is 111. The third-order valence-corrected chi connectivity index (χ3v) is 23.3. The number of aryl methyl sites for hydroxylation is 7. The number of azo groups is 1. The molecule has 145 heavy (non-hydrogen) atoms. The largest absolute Gasteiger partial charge is 0.490 e. The molecule has 766 valence electrons. The Balaban J connectivity index is 0.000000180. The highest BCUT2D eigenvalue weighted by molar-refractivity contribution is 7.15. The average molecular weight is 2050 g/mol. The van der Waals surface area contributed by atoms with E-state index in [9.17, 15) is 52.7 Å². The molecule has 2 saturated heterocycles. The number of nitrogens with zero attached hydrogens (tertiary/aromatic N) is 18. The number of thiazole rings is 1. The van der Waals surface area contributed by atoms with Crippen LogP contribution in [-0.4, -0.2) is 223 Å². The van der Waals surface area contributed by atoms with Gasteiger partial charge in [-0.2, -0.15) is 15.3 Å². The lowest BCUT2D eigenvalue weighted by atomic mass is 10.0. The van der Waals surface area contributed by atoms with E-state index in [4.69, 9.17) is 47.6 Å². The average Bonchev–Trinajstić information content (AvgIpc) is 1.69. The zero-order valence-electron chi connectivity index (χ0n) is 82.8. The van der Waals surface area contributed by atoms with Crippen LogP contribution in [0.5, 0.6) is 40.2 Å². The molecule has 2 aromatic carbocycles. The Kier molecular flexibility index (Phi) is 38.9. The van der Waals surface area contributed by atoms with Crippen molar-refractivity contribution in [1.29, 1.82) is 0 Å². The van der Waals surface area contributed by atoms with Crippen molar-refractivity contribution in [3.63, 3.8) is 0 Å². The van der Waals surface area contributed by atoms with Crippen LogP contribution in [-0.2, 0) is 27.1 Å². The first-order valence-corrected chi connectivity index (χ1v) is 47.3. The highest BCUT2D eigenvalue weighted by Crippen LogP contribution is 2.37. The topological polar surface area (TPSA) is 609 Å². The molecule has 4 aliphatic rings. The number of rotatable bonds is 23. The highest BCUT2D eigenvalue weighted by atomic mass is 32.1. The number of ether oxygens (including phenoxy) is 9. The third-order valence-electron chi connectivity index (χ3n) is 21.3. The van der Waals surface area contributed by atoms with Gasteiger partial charge < -0.3 is 77.5 Å². The minimum atomic E-state index is -0.669. The summed E-state index contributed by atoms with van der Waals surface area (Å²) in [4.78, 5) is 195. The predicted molar refractivity (Wildman–Crippen MR) is 541 cm³/mol. The van der Waals surface area contributed by atoms with Gasteiger partial charge in [-0.05, 0) is 162 Å². The monoisotopic (exact) mass is 2050 g/mol. The number of Topliss-reactive ketones (excluding diaryl/α,β-unsaturated/α-hetero) is 2. The van der Waals surface area contributed by atoms with Crippen molar-refractivity contribution < 1.29 is 61.8 Å². The van der Waals surface area contributed by atoms with Crippen molar-refractivity contribution in [2.45, 2.75) is 179 Å². The number of hydrogen-bond acceptors (Lipinski definition) is 39. The van der Waals surface area contributed by atoms with Gasteiger partial charge >= 0.3 is 12.2 Å². The molecule has 2 atom stereocenters. The fraction of sp³-hybridized carbons (Fsp3) is 0.385. The molecule has 17 rings (SSSR count). The van der Waals surface area contributed by atoms with E-state index < -0.39 is 46.3 Å². The van der Waals surface area contributed by atoms with Crippen LogP contribution in [0.3, 0.4) is 0 Å². The number of H-pyrrole nitrogens is 8. The molecule has 2 fully saturated rings. The molecule has 3 aliphatic heterocycles. The normalized spacial score (nSPS) is 13.7. The number of carbonyl (C=O) groups excluding carboxylic acids is 4. The van der Waals surface area contributed by atoms with Gasteiger partial charge in [0.25, 0.3) is 38.9 Å². The van der Waals surface area contributed by atoms with Gasteiger partial charge in [0.2, 0.25) is 40.2 Å². The predicted octanol–water partition coefficient (Wildman–Crippen LogP) is 12.8. The summed E-state index contributed by atoms with van der Waals surface area (Å²) < 4.78 is 53.6. The van der Waals surface area contributed by atoms with Gasteiger partial charge in [-0.15, -0.1) is 21.5 Å². The van der Waals surface area contributed by atoms with Crippen LogP contribution in [0.4, 0.5) is 9.59 Å². The number of ketones is 2. The Hall–Kier alpha value is -16.2. The number of aromatic amines is 8. The van der Waals surface area contributed by atoms with E-state index in [1.807, 2.05) is 76.4 Å². The Morgan fingerprint density at radius 3 is 1.30 bits per heavy atom. The van der Waals surface area contributed by atoms with Gasteiger partial charge in [0, 0.05) is 66.2 Å². The molecule has 14 heterocycles. The van der Waals surface area contributed by atoms with Crippen LogP contribution in [0.25, 0.3) is 56.5 Å². The van der Waals surface area contributed by atoms with Crippen LogP contribution < -0.4 is 72.1 Å². The Morgan fingerprint density at radius 1 is 0.469 bits per heavy atom. The molecule has 0 spiro atoms. The van der Waals surface area contributed by atoms with Crippen molar-refractivity contribution in [2.24, 2.45) is 10.2 Å². The fourth-order valence-corrected chi connectivity index (χ4v) is 16.4. The number of amides is 2. The standard InChI is InChI=1S/C26H33N3O6.C25H30N4O4S.C11H12N2O2.C9H10N4O2.C8H9N5O2.2C8H8N4O2S.CH4/c1-16-8-10-17(11-9-16)15-18(30)12-13-20(31)21-22(34-5)24(32)28-23(27-21)19-7-6-14-29(19)25(33)35-26(2,3)4;1-15-8-10-16(11-9-15)13-17-14-26-23(34-17)19-20(32-5)22(30)28-21(27-19)18-7-6-12-29(18)24(31)33-25(2,3)4;1-7-9(15-2)11(14)13-10(12-7)8-5-3-4-6-8;1-5-7(15-2)9(14)13-8(12-5)6-3-10-11-4-6;1-4-5(15-2)8(14)12-7(11-4)6-9-3-10-13-6;2*1-4-6(14-2)8(13)10-7(9-4)5-3-15-12-11-5;/h8-11,19H,6-7,12-15H2,1-5H3,(H,27,28,32);8-11,14,18H,6-7,12-13H2,1-5H3,(H,27,28,30);3-5H,6H2,1-2H3,(H,12,13,14);3H,4H2,1-2H3,(H,12,13,14);3H,1-2H3,(H,9,10,13)(H,11,12,14);2*3H,1-2H3,(H,9,10,13);1H4/t19-;18-;;;;;;/m11....../s1. The van der Waals surface area contributed by atoms with Gasteiger partial charge in [0.15, 0.2) is 34.8 Å². The lowest BCUT2D eigenvalue weighted by molar-refractivity contribution is -0.118. The maximum absolute atomic E-state index is 13.0. The molecule has 8 N–H and O–H groups in total. The summed E-state index contributed by atoms with van der Waals surface area (Å²) in [6.07, 6.45) is 14.2. The van der Waals surface area contributed by atoms with E-state index in [0.717, 1.165) is 46.4 Å². The van der Waals surface area contributed by atoms with E-state index in [-0.39, 0.29) is 118 Å². The first-order chi connectivity index (χ1) is 68.7.